The average molecular weight is 404 g/mol. The second-order valence-electron chi connectivity index (χ2n) is 7.19. The second-order valence-corrected chi connectivity index (χ2v) is 8.42. The molecule has 146 valence electrons. The molecule has 1 aliphatic rings. The van der Waals surface area contributed by atoms with Gasteiger partial charge in [0.2, 0.25) is 0 Å². The number of aromatic nitrogens is 3. The maximum Gasteiger partial charge on any atom is 0.253 e. The van der Waals surface area contributed by atoms with Crippen molar-refractivity contribution in [2.45, 2.75) is 6.92 Å². The van der Waals surface area contributed by atoms with Crippen molar-refractivity contribution in [2.24, 2.45) is 0 Å². The SMILES string of the molecule is Cc1cc2c(N3CCN(C(=O)c4ccc(-n5cccc5)cc4)CC3)ncnc2s1. The van der Waals surface area contributed by atoms with Gasteiger partial charge < -0.3 is 14.4 Å². The molecule has 0 spiro atoms. The van der Waals surface area contributed by atoms with Crippen molar-refractivity contribution in [2.75, 3.05) is 31.1 Å². The number of piperazine rings is 1. The van der Waals surface area contributed by atoms with Gasteiger partial charge in [-0.05, 0) is 49.4 Å². The molecule has 1 fully saturated rings. The Morgan fingerprint density at radius 1 is 1.00 bits per heavy atom. The highest BCUT2D eigenvalue weighted by Crippen LogP contribution is 2.30. The lowest BCUT2D eigenvalue weighted by molar-refractivity contribution is 0.0746. The van der Waals surface area contributed by atoms with Gasteiger partial charge in [-0.1, -0.05) is 0 Å². The maximum atomic E-state index is 12.9. The number of carbonyl (C=O) groups excluding carboxylic acids is 1. The topological polar surface area (TPSA) is 54.3 Å². The fourth-order valence-electron chi connectivity index (χ4n) is 3.80. The Balaban J connectivity index is 1.28. The molecule has 0 N–H and O–H groups in total. The molecule has 7 heteroatoms. The molecule has 0 atom stereocenters. The number of rotatable bonds is 3. The molecule has 0 bridgehead atoms. The summed E-state index contributed by atoms with van der Waals surface area (Å²) in [6, 6.07) is 13.9. The zero-order chi connectivity index (χ0) is 19.8. The van der Waals surface area contributed by atoms with E-state index in [1.54, 1.807) is 17.7 Å². The van der Waals surface area contributed by atoms with Gasteiger partial charge in [0.1, 0.15) is 17.0 Å². The predicted octanol–water partition coefficient (Wildman–Crippen LogP) is 3.75. The van der Waals surface area contributed by atoms with Crippen molar-refractivity contribution in [1.82, 2.24) is 19.4 Å². The zero-order valence-electron chi connectivity index (χ0n) is 16.2. The lowest BCUT2D eigenvalue weighted by Crippen LogP contribution is -2.49. The van der Waals surface area contributed by atoms with Crippen molar-refractivity contribution in [3.8, 4) is 5.69 Å². The minimum atomic E-state index is 0.0860. The van der Waals surface area contributed by atoms with Crippen molar-refractivity contribution in [3.05, 3.63) is 71.6 Å². The van der Waals surface area contributed by atoms with Crippen molar-refractivity contribution in [3.63, 3.8) is 0 Å². The minimum absolute atomic E-state index is 0.0860. The highest BCUT2D eigenvalue weighted by molar-refractivity contribution is 7.18. The number of hydrogen-bond acceptors (Lipinski definition) is 5. The summed E-state index contributed by atoms with van der Waals surface area (Å²) in [5.74, 6) is 1.06. The van der Waals surface area contributed by atoms with Crippen LogP contribution in [0.5, 0.6) is 0 Å². The molecule has 1 amide bonds. The highest BCUT2D eigenvalue weighted by Gasteiger charge is 2.24. The highest BCUT2D eigenvalue weighted by atomic mass is 32.1. The molecule has 29 heavy (non-hydrogen) atoms. The van der Waals surface area contributed by atoms with Gasteiger partial charge in [-0.15, -0.1) is 11.3 Å². The van der Waals surface area contributed by atoms with E-state index in [0.29, 0.717) is 13.1 Å². The number of thiophene rings is 1. The minimum Gasteiger partial charge on any atom is -0.352 e. The third-order valence-electron chi connectivity index (χ3n) is 5.31. The zero-order valence-corrected chi connectivity index (χ0v) is 17.0. The molecule has 6 nitrogen and oxygen atoms in total. The number of anilines is 1. The van der Waals surface area contributed by atoms with Gasteiger partial charge in [-0.3, -0.25) is 4.79 Å². The fourth-order valence-corrected chi connectivity index (χ4v) is 4.64. The van der Waals surface area contributed by atoms with E-state index in [0.717, 1.165) is 40.4 Å². The van der Waals surface area contributed by atoms with Crippen LogP contribution in [0.3, 0.4) is 0 Å². The van der Waals surface area contributed by atoms with Crippen LogP contribution < -0.4 is 4.90 Å². The lowest BCUT2D eigenvalue weighted by Gasteiger charge is -2.35. The standard InChI is InChI=1S/C22H21N5OS/c1-16-14-19-20(23-15-24-21(19)29-16)26-10-12-27(13-11-26)22(28)17-4-6-18(7-5-17)25-8-2-3-9-25/h2-9,14-15H,10-13H2,1H3. The molecule has 1 aromatic carbocycles. The summed E-state index contributed by atoms with van der Waals surface area (Å²) in [5, 5.41) is 1.11. The fraction of sp³-hybridized carbons (Fsp3) is 0.227. The number of fused-ring (bicyclic) bond motifs is 1. The van der Waals surface area contributed by atoms with Gasteiger partial charge in [0.25, 0.3) is 5.91 Å². The number of hydrogen-bond donors (Lipinski definition) is 0. The van der Waals surface area contributed by atoms with Gasteiger partial charge in [-0.2, -0.15) is 0 Å². The normalized spacial score (nSPS) is 14.5. The smallest absolute Gasteiger partial charge is 0.253 e. The Labute approximate surface area is 173 Å². The van der Waals surface area contributed by atoms with Gasteiger partial charge in [0, 0.05) is 54.7 Å². The third-order valence-corrected chi connectivity index (χ3v) is 6.27. The number of aryl methyl sites for hydroxylation is 1. The molecule has 0 aliphatic carbocycles. The van der Waals surface area contributed by atoms with Crippen LogP contribution in [0.15, 0.2) is 61.2 Å². The quantitative estimate of drug-likeness (QED) is 0.523. The first-order valence-corrected chi connectivity index (χ1v) is 10.5. The summed E-state index contributed by atoms with van der Waals surface area (Å²) >= 11 is 1.69. The molecule has 0 radical (unpaired) electrons. The Kier molecular flexibility index (Phi) is 4.52. The molecule has 4 heterocycles. The van der Waals surface area contributed by atoms with Crippen molar-refractivity contribution >= 4 is 33.3 Å². The summed E-state index contributed by atoms with van der Waals surface area (Å²) in [5.41, 5.74) is 1.78. The Morgan fingerprint density at radius 3 is 2.45 bits per heavy atom. The number of amides is 1. The molecule has 1 aliphatic heterocycles. The van der Waals surface area contributed by atoms with Crippen LogP contribution in [0.4, 0.5) is 5.82 Å². The average Bonchev–Trinajstić information content (AvgIpc) is 3.42. The molecular formula is C22H21N5OS. The molecule has 5 rings (SSSR count). The van der Waals surface area contributed by atoms with Crippen LogP contribution in [0.2, 0.25) is 0 Å². The molecular weight excluding hydrogens is 382 g/mol. The van der Waals surface area contributed by atoms with Gasteiger partial charge >= 0.3 is 0 Å². The lowest BCUT2D eigenvalue weighted by atomic mass is 10.1. The maximum absolute atomic E-state index is 12.9. The third kappa shape index (κ3) is 3.38. The summed E-state index contributed by atoms with van der Waals surface area (Å²) in [6.07, 6.45) is 5.63. The van der Waals surface area contributed by atoms with E-state index >= 15 is 0 Å². The van der Waals surface area contributed by atoms with Crippen molar-refractivity contribution in [1.29, 1.82) is 0 Å². The first kappa shape index (κ1) is 17.9. The Morgan fingerprint density at radius 2 is 1.72 bits per heavy atom. The van der Waals surface area contributed by atoms with E-state index in [1.165, 1.54) is 4.88 Å². The molecule has 1 saturated heterocycles. The second kappa shape index (κ2) is 7.33. The first-order chi connectivity index (χ1) is 14.2. The molecule has 0 saturated carbocycles. The molecule has 0 unspecified atom stereocenters. The van der Waals surface area contributed by atoms with Crippen LogP contribution >= 0.6 is 11.3 Å². The summed E-state index contributed by atoms with van der Waals surface area (Å²) in [4.78, 5) is 28.3. The van der Waals surface area contributed by atoms with E-state index in [2.05, 4.69) is 27.9 Å². The van der Waals surface area contributed by atoms with Crippen LogP contribution in [0.1, 0.15) is 15.2 Å². The van der Waals surface area contributed by atoms with E-state index in [1.807, 2.05) is 58.3 Å². The monoisotopic (exact) mass is 403 g/mol. The summed E-state index contributed by atoms with van der Waals surface area (Å²) < 4.78 is 2.03. The summed E-state index contributed by atoms with van der Waals surface area (Å²) in [7, 11) is 0. The number of nitrogens with zero attached hydrogens (tertiary/aromatic N) is 5. The van der Waals surface area contributed by atoms with E-state index in [4.69, 9.17) is 0 Å². The van der Waals surface area contributed by atoms with Crippen LogP contribution in [0.25, 0.3) is 15.9 Å². The first-order valence-electron chi connectivity index (χ1n) is 9.68. The Hall–Kier alpha value is -3.19. The largest absolute Gasteiger partial charge is 0.352 e. The predicted molar refractivity (Wildman–Crippen MR) is 116 cm³/mol. The number of benzene rings is 1. The van der Waals surface area contributed by atoms with E-state index in [9.17, 15) is 4.79 Å². The van der Waals surface area contributed by atoms with E-state index in [-0.39, 0.29) is 5.91 Å². The summed E-state index contributed by atoms with van der Waals surface area (Å²) in [6.45, 7) is 5.01. The number of carbonyl (C=O) groups is 1. The van der Waals surface area contributed by atoms with Gasteiger partial charge in [0.05, 0.1) is 5.39 Å². The molecule has 3 aromatic heterocycles. The van der Waals surface area contributed by atoms with E-state index < -0.39 is 0 Å². The van der Waals surface area contributed by atoms with Crippen molar-refractivity contribution < 1.29 is 4.79 Å². The van der Waals surface area contributed by atoms with Crippen LogP contribution in [0, 0.1) is 6.92 Å². The van der Waals surface area contributed by atoms with Gasteiger partial charge in [-0.25, -0.2) is 9.97 Å². The van der Waals surface area contributed by atoms with Gasteiger partial charge in [0.15, 0.2) is 0 Å². The van der Waals surface area contributed by atoms with Crippen LogP contribution in [-0.2, 0) is 0 Å². The van der Waals surface area contributed by atoms with Crippen LogP contribution in [-0.4, -0.2) is 51.5 Å². The molecule has 4 aromatic rings. The Bertz CT molecular complexity index is 1140.